The van der Waals surface area contributed by atoms with E-state index in [1.807, 2.05) is 54.6 Å². The minimum atomic E-state index is -4.79. The normalized spacial score (nSPS) is 13.9. The van der Waals surface area contributed by atoms with E-state index >= 15 is 0 Å². The smallest absolute Gasteiger partial charge is 0.339 e. The summed E-state index contributed by atoms with van der Waals surface area (Å²) in [5, 5.41) is 29.9. The number of nitrogens with zero attached hydrogens (tertiary/aromatic N) is 5. The monoisotopic (exact) mass is 712 g/mol. The van der Waals surface area contributed by atoms with Crippen LogP contribution in [0.4, 0.5) is 39.8 Å². The molecule has 0 bridgehead atoms. The van der Waals surface area contributed by atoms with Gasteiger partial charge in [0, 0.05) is 0 Å². The lowest BCUT2D eigenvalue weighted by Crippen LogP contribution is -2.15. The first-order valence-electron chi connectivity index (χ1n) is 15.4. The molecule has 1 aliphatic carbocycles. The SMILES string of the molecule is Nc1c(N=Nc2ccc(-c3ccc(NN=C4C=CC(=O)C(C(=O)O)=C4)cc3)cc2)cc(S(=O)(=O)O)c(N)c1N=Nc1ccc(-c2ccccc2)cc1. The van der Waals surface area contributed by atoms with Gasteiger partial charge < -0.3 is 16.6 Å². The van der Waals surface area contributed by atoms with Gasteiger partial charge in [0.05, 0.1) is 34.1 Å². The number of anilines is 3. The number of ketones is 1. The Balaban J connectivity index is 1.18. The van der Waals surface area contributed by atoms with Crippen molar-refractivity contribution in [3.05, 3.63) is 133 Å². The van der Waals surface area contributed by atoms with E-state index in [-0.39, 0.29) is 28.3 Å². The number of hydrogen-bond donors (Lipinski definition) is 5. The summed E-state index contributed by atoms with van der Waals surface area (Å²) in [5.74, 6) is -1.92. The van der Waals surface area contributed by atoms with Gasteiger partial charge in [-0.2, -0.15) is 23.7 Å². The molecule has 6 rings (SSSR count). The maximum atomic E-state index is 12.2. The number of hydrogen-bond acceptors (Lipinski definition) is 12. The van der Waals surface area contributed by atoms with Gasteiger partial charge in [0.2, 0.25) is 0 Å². The quantitative estimate of drug-likeness (QED) is 0.0234. The molecule has 0 saturated heterocycles. The summed E-state index contributed by atoms with van der Waals surface area (Å²) in [6, 6.07) is 32.2. The molecule has 5 aromatic carbocycles. The molecule has 0 radical (unpaired) electrons. The average Bonchev–Trinajstić information content (AvgIpc) is 3.14. The second kappa shape index (κ2) is 14.8. The zero-order chi connectivity index (χ0) is 36.8. The number of carbonyl (C=O) groups is 2. The van der Waals surface area contributed by atoms with Crippen molar-refractivity contribution >= 4 is 67.4 Å². The Labute approximate surface area is 297 Å². The Hall–Kier alpha value is -7.10. The fraction of sp³-hybridized carbons (Fsp3) is 0. The van der Waals surface area contributed by atoms with E-state index in [1.165, 1.54) is 12.2 Å². The Morgan fingerprint density at radius 2 is 1.21 bits per heavy atom. The number of carboxylic acids is 1. The number of hydrazone groups is 1. The molecule has 52 heavy (non-hydrogen) atoms. The maximum absolute atomic E-state index is 12.2. The first kappa shape index (κ1) is 34.8. The highest BCUT2D eigenvalue weighted by atomic mass is 32.2. The van der Waals surface area contributed by atoms with E-state index in [2.05, 4.69) is 31.0 Å². The molecular weight excluding hydrogens is 685 g/mol. The lowest BCUT2D eigenvalue weighted by atomic mass is 10.0. The number of carboxylic acid groups (broad SMARTS) is 1. The molecule has 0 aromatic heterocycles. The highest BCUT2D eigenvalue weighted by molar-refractivity contribution is 7.86. The molecule has 0 amide bonds. The number of nitrogens with two attached hydrogens (primary N) is 2. The molecule has 14 nitrogen and oxygen atoms in total. The standard InChI is InChI=1S/C37H28N8O6S/c38-34-31(21-33(52(49,50)51)35(39)36(34)45-42-28-16-6-23(7-17-28)22-4-2-1-3-5-22)44-41-27-14-10-25(11-15-27)24-8-12-26(13-9-24)40-43-29-18-19-32(46)30(20-29)37(47)48/h1-21,40H,38-39H2,(H,47,48)(H,49,50,51). The summed E-state index contributed by atoms with van der Waals surface area (Å²) in [4.78, 5) is 22.2. The Morgan fingerprint density at radius 1 is 0.673 bits per heavy atom. The third-order valence-corrected chi connectivity index (χ3v) is 8.60. The van der Waals surface area contributed by atoms with Crippen LogP contribution in [0.3, 0.4) is 0 Å². The number of allylic oxidation sites excluding steroid dienone is 3. The van der Waals surface area contributed by atoms with Crippen molar-refractivity contribution in [1.82, 2.24) is 0 Å². The zero-order valence-corrected chi connectivity index (χ0v) is 27.8. The maximum Gasteiger partial charge on any atom is 0.339 e. The molecule has 5 aromatic rings. The summed E-state index contributed by atoms with van der Waals surface area (Å²) in [6.07, 6.45) is 3.76. The second-order valence-electron chi connectivity index (χ2n) is 11.2. The molecule has 258 valence electrons. The van der Waals surface area contributed by atoms with E-state index < -0.39 is 32.5 Å². The lowest BCUT2D eigenvalue weighted by molar-refractivity contribution is -0.134. The molecule has 0 saturated carbocycles. The van der Waals surface area contributed by atoms with Crippen LogP contribution in [0.2, 0.25) is 0 Å². The van der Waals surface area contributed by atoms with Crippen LogP contribution in [0.5, 0.6) is 0 Å². The van der Waals surface area contributed by atoms with E-state index in [0.29, 0.717) is 17.1 Å². The minimum absolute atomic E-state index is 0.0971. The van der Waals surface area contributed by atoms with E-state index in [1.54, 1.807) is 48.5 Å². The van der Waals surface area contributed by atoms with Crippen molar-refractivity contribution < 1.29 is 27.7 Å². The first-order valence-corrected chi connectivity index (χ1v) is 16.8. The predicted octanol–water partition coefficient (Wildman–Crippen LogP) is 8.18. The molecule has 15 heteroatoms. The summed E-state index contributed by atoms with van der Waals surface area (Å²) in [5.41, 5.74) is 19.5. The molecule has 0 aliphatic heterocycles. The molecule has 0 atom stereocenters. The van der Waals surface area contributed by atoms with Gasteiger partial charge in [0.1, 0.15) is 21.8 Å². The van der Waals surface area contributed by atoms with Gasteiger partial charge in [-0.3, -0.25) is 14.8 Å². The Morgan fingerprint density at radius 3 is 1.77 bits per heavy atom. The van der Waals surface area contributed by atoms with Crippen LogP contribution < -0.4 is 16.9 Å². The van der Waals surface area contributed by atoms with Crippen molar-refractivity contribution in [2.24, 2.45) is 25.6 Å². The van der Waals surface area contributed by atoms with Crippen LogP contribution in [-0.4, -0.2) is 35.5 Å². The van der Waals surface area contributed by atoms with Gasteiger partial charge in [-0.1, -0.05) is 66.7 Å². The van der Waals surface area contributed by atoms with Gasteiger partial charge in [-0.05, 0) is 82.9 Å². The fourth-order valence-corrected chi connectivity index (χ4v) is 5.61. The van der Waals surface area contributed by atoms with E-state index in [4.69, 9.17) is 16.6 Å². The summed E-state index contributed by atoms with van der Waals surface area (Å²) in [6.45, 7) is 0. The van der Waals surface area contributed by atoms with Crippen molar-refractivity contribution in [3.63, 3.8) is 0 Å². The number of nitrogen functional groups attached to an aromatic ring is 2. The van der Waals surface area contributed by atoms with Crippen LogP contribution >= 0.6 is 0 Å². The predicted molar refractivity (Wildman–Crippen MR) is 198 cm³/mol. The number of azo groups is 2. The van der Waals surface area contributed by atoms with Gasteiger partial charge in [-0.15, -0.1) is 10.2 Å². The van der Waals surface area contributed by atoms with Crippen molar-refractivity contribution in [2.75, 3.05) is 16.9 Å². The van der Waals surface area contributed by atoms with Crippen LogP contribution in [0.25, 0.3) is 22.3 Å². The molecular formula is C37H28N8O6S. The highest BCUT2D eigenvalue weighted by Gasteiger charge is 2.22. The topological polar surface area (TPSA) is 235 Å². The third kappa shape index (κ3) is 8.02. The van der Waals surface area contributed by atoms with Gasteiger partial charge in [0.15, 0.2) is 5.78 Å². The summed E-state index contributed by atoms with van der Waals surface area (Å²) < 4.78 is 34.2. The van der Waals surface area contributed by atoms with Crippen LogP contribution in [-0.2, 0) is 19.7 Å². The van der Waals surface area contributed by atoms with Gasteiger partial charge >= 0.3 is 5.97 Å². The molecule has 1 aliphatic rings. The van der Waals surface area contributed by atoms with E-state index in [9.17, 15) is 22.6 Å². The molecule has 0 unspecified atom stereocenters. The highest BCUT2D eigenvalue weighted by Crippen LogP contribution is 2.43. The van der Waals surface area contributed by atoms with Crippen molar-refractivity contribution in [3.8, 4) is 22.3 Å². The Bertz CT molecular complexity index is 2440. The Kier molecular flexibility index (Phi) is 9.89. The minimum Gasteiger partial charge on any atom is -0.478 e. The molecule has 0 heterocycles. The van der Waals surface area contributed by atoms with Gasteiger partial charge in [0.25, 0.3) is 10.1 Å². The fourth-order valence-electron chi connectivity index (χ4n) is 4.98. The molecule has 7 N–H and O–H groups in total. The number of carbonyl (C=O) groups excluding carboxylic acids is 1. The first-order chi connectivity index (χ1) is 25.0. The number of nitrogens with one attached hydrogen (secondary N) is 1. The summed E-state index contributed by atoms with van der Waals surface area (Å²) >= 11 is 0. The second-order valence-corrected chi connectivity index (χ2v) is 12.6. The average molecular weight is 713 g/mol. The van der Waals surface area contributed by atoms with Crippen LogP contribution in [0, 0.1) is 0 Å². The number of benzene rings is 5. The molecule has 0 spiro atoms. The number of rotatable bonds is 10. The zero-order valence-electron chi connectivity index (χ0n) is 27.0. The van der Waals surface area contributed by atoms with Crippen molar-refractivity contribution in [2.45, 2.75) is 4.90 Å². The van der Waals surface area contributed by atoms with Crippen LogP contribution in [0.1, 0.15) is 0 Å². The lowest BCUT2D eigenvalue weighted by Gasteiger charge is -2.10. The largest absolute Gasteiger partial charge is 0.478 e. The summed E-state index contributed by atoms with van der Waals surface area (Å²) in [7, 11) is -4.79. The number of aliphatic carboxylic acids is 1. The van der Waals surface area contributed by atoms with Gasteiger partial charge in [-0.25, -0.2) is 4.79 Å². The molecule has 0 fully saturated rings. The third-order valence-electron chi connectivity index (χ3n) is 7.70. The van der Waals surface area contributed by atoms with E-state index in [0.717, 1.165) is 34.4 Å². The van der Waals surface area contributed by atoms with Crippen LogP contribution in [0.15, 0.2) is 163 Å². The van der Waals surface area contributed by atoms with Crippen molar-refractivity contribution in [1.29, 1.82) is 0 Å².